The number of methoxy groups -OCH3 is 1. The van der Waals surface area contributed by atoms with Gasteiger partial charge in [-0.05, 0) is 25.0 Å². The van der Waals surface area contributed by atoms with E-state index in [0.717, 1.165) is 30.7 Å². The van der Waals surface area contributed by atoms with Crippen LogP contribution in [0.2, 0.25) is 0 Å². The van der Waals surface area contributed by atoms with Crippen LogP contribution < -0.4 is 5.73 Å². The van der Waals surface area contributed by atoms with Gasteiger partial charge in [0.05, 0.1) is 17.6 Å². The molecule has 1 aliphatic carbocycles. The molecule has 3 rings (SSSR count). The van der Waals surface area contributed by atoms with E-state index in [9.17, 15) is 0 Å². The SMILES string of the molecule is COCCn1c(C2(C)CCCCC2N)nc2ccccc21. The Bertz CT molecular complexity index is 622. The van der Waals surface area contributed by atoms with Crippen molar-refractivity contribution >= 4 is 11.0 Å². The van der Waals surface area contributed by atoms with Crippen LogP contribution in [0.4, 0.5) is 0 Å². The topological polar surface area (TPSA) is 53.1 Å². The first kappa shape index (κ1) is 14.5. The highest BCUT2D eigenvalue weighted by atomic mass is 16.5. The van der Waals surface area contributed by atoms with Crippen molar-refractivity contribution in [3.8, 4) is 0 Å². The fraction of sp³-hybridized carbons (Fsp3) is 0.588. The summed E-state index contributed by atoms with van der Waals surface area (Å²) in [6.45, 7) is 3.80. The Hall–Kier alpha value is -1.39. The monoisotopic (exact) mass is 287 g/mol. The molecule has 0 aliphatic heterocycles. The molecule has 0 amide bonds. The molecule has 2 unspecified atom stereocenters. The molecule has 114 valence electrons. The number of nitrogens with two attached hydrogens (primary N) is 1. The second-order valence-electron chi connectivity index (χ2n) is 6.34. The predicted molar refractivity (Wildman–Crippen MR) is 85.4 cm³/mol. The maximum atomic E-state index is 6.48. The third kappa shape index (κ3) is 2.47. The Kier molecular flexibility index (Phi) is 4.00. The minimum Gasteiger partial charge on any atom is -0.383 e. The highest BCUT2D eigenvalue weighted by Gasteiger charge is 2.39. The maximum absolute atomic E-state index is 6.48. The molecular weight excluding hydrogens is 262 g/mol. The van der Waals surface area contributed by atoms with Gasteiger partial charge in [0.1, 0.15) is 5.82 Å². The summed E-state index contributed by atoms with van der Waals surface area (Å²) in [5.41, 5.74) is 8.69. The number of nitrogens with zero attached hydrogens (tertiary/aromatic N) is 2. The van der Waals surface area contributed by atoms with Crippen molar-refractivity contribution in [2.24, 2.45) is 5.73 Å². The summed E-state index contributed by atoms with van der Waals surface area (Å²) in [6.07, 6.45) is 4.67. The fourth-order valence-electron chi connectivity index (χ4n) is 3.56. The molecule has 1 saturated carbocycles. The van der Waals surface area contributed by atoms with E-state index in [1.54, 1.807) is 7.11 Å². The molecule has 1 heterocycles. The molecule has 2 aromatic rings. The predicted octanol–water partition coefficient (Wildman–Crippen LogP) is 2.84. The largest absolute Gasteiger partial charge is 0.383 e. The number of ether oxygens (including phenoxy) is 1. The second-order valence-corrected chi connectivity index (χ2v) is 6.34. The van der Waals surface area contributed by atoms with Gasteiger partial charge in [0, 0.05) is 25.1 Å². The number of hydrogen-bond acceptors (Lipinski definition) is 3. The summed E-state index contributed by atoms with van der Waals surface area (Å²) in [5, 5.41) is 0. The van der Waals surface area contributed by atoms with Crippen molar-refractivity contribution in [2.45, 2.75) is 50.6 Å². The van der Waals surface area contributed by atoms with Crippen LogP contribution in [0.15, 0.2) is 24.3 Å². The average molecular weight is 287 g/mol. The van der Waals surface area contributed by atoms with Crippen LogP contribution in [-0.2, 0) is 16.7 Å². The van der Waals surface area contributed by atoms with Gasteiger partial charge in [-0.25, -0.2) is 4.98 Å². The molecule has 4 nitrogen and oxygen atoms in total. The molecule has 0 radical (unpaired) electrons. The molecular formula is C17H25N3O. The third-order valence-electron chi connectivity index (χ3n) is 4.96. The molecule has 21 heavy (non-hydrogen) atoms. The molecule has 4 heteroatoms. The zero-order valence-corrected chi connectivity index (χ0v) is 13.0. The number of aromatic nitrogens is 2. The van der Waals surface area contributed by atoms with Crippen molar-refractivity contribution in [2.75, 3.05) is 13.7 Å². The third-order valence-corrected chi connectivity index (χ3v) is 4.96. The van der Waals surface area contributed by atoms with Crippen molar-refractivity contribution in [1.82, 2.24) is 9.55 Å². The summed E-state index contributed by atoms with van der Waals surface area (Å²) in [4.78, 5) is 4.94. The number of rotatable bonds is 4. The highest BCUT2D eigenvalue weighted by Crippen LogP contribution is 2.39. The van der Waals surface area contributed by atoms with Crippen LogP contribution >= 0.6 is 0 Å². The quantitative estimate of drug-likeness (QED) is 0.940. The first-order valence-electron chi connectivity index (χ1n) is 7.87. The second kappa shape index (κ2) is 5.78. The lowest BCUT2D eigenvalue weighted by Gasteiger charge is -2.39. The summed E-state index contributed by atoms with van der Waals surface area (Å²) < 4.78 is 7.60. The first-order valence-corrected chi connectivity index (χ1v) is 7.87. The van der Waals surface area contributed by atoms with Crippen molar-refractivity contribution < 1.29 is 4.74 Å². The van der Waals surface area contributed by atoms with Gasteiger partial charge in [0.2, 0.25) is 0 Å². The van der Waals surface area contributed by atoms with Gasteiger partial charge in [-0.15, -0.1) is 0 Å². The lowest BCUT2D eigenvalue weighted by atomic mass is 9.71. The minimum absolute atomic E-state index is 0.0367. The minimum atomic E-state index is -0.0367. The van der Waals surface area contributed by atoms with E-state index in [2.05, 4.69) is 29.7 Å². The van der Waals surface area contributed by atoms with E-state index in [1.807, 2.05) is 6.07 Å². The molecule has 2 N–H and O–H groups in total. The molecule has 0 bridgehead atoms. The number of hydrogen-bond donors (Lipinski definition) is 1. The van der Waals surface area contributed by atoms with Crippen LogP contribution in [0.1, 0.15) is 38.4 Å². The lowest BCUT2D eigenvalue weighted by Crippen LogP contribution is -2.47. The van der Waals surface area contributed by atoms with Gasteiger partial charge in [-0.3, -0.25) is 0 Å². The van der Waals surface area contributed by atoms with E-state index >= 15 is 0 Å². The van der Waals surface area contributed by atoms with Crippen molar-refractivity contribution in [3.05, 3.63) is 30.1 Å². The van der Waals surface area contributed by atoms with E-state index in [4.69, 9.17) is 15.5 Å². The van der Waals surface area contributed by atoms with Crippen LogP contribution in [0.25, 0.3) is 11.0 Å². The van der Waals surface area contributed by atoms with Gasteiger partial charge in [0.25, 0.3) is 0 Å². The molecule has 0 spiro atoms. The van der Waals surface area contributed by atoms with Crippen LogP contribution in [-0.4, -0.2) is 29.3 Å². The smallest absolute Gasteiger partial charge is 0.117 e. The number of para-hydroxylation sites is 2. The van der Waals surface area contributed by atoms with E-state index in [1.165, 1.54) is 18.4 Å². The molecule has 2 atom stereocenters. The maximum Gasteiger partial charge on any atom is 0.117 e. The number of benzene rings is 1. The van der Waals surface area contributed by atoms with Crippen LogP contribution in [0.3, 0.4) is 0 Å². The Balaban J connectivity index is 2.11. The molecule has 0 saturated heterocycles. The molecule has 1 aliphatic rings. The lowest BCUT2D eigenvalue weighted by molar-refractivity contribution is 0.182. The summed E-state index contributed by atoms with van der Waals surface area (Å²) in [7, 11) is 1.74. The van der Waals surface area contributed by atoms with Gasteiger partial charge in [0.15, 0.2) is 0 Å². The van der Waals surface area contributed by atoms with Crippen molar-refractivity contribution in [3.63, 3.8) is 0 Å². The van der Waals surface area contributed by atoms with Gasteiger partial charge >= 0.3 is 0 Å². The highest BCUT2D eigenvalue weighted by molar-refractivity contribution is 5.76. The van der Waals surface area contributed by atoms with Gasteiger partial charge < -0.3 is 15.0 Å². The Labute approximate surface area is 126 Å². The summed E-state index contributed by atoms with van der Waals surface area (Å²) in [5.74, 6) is 1.13. The van der Waals surface area contributed by atoms with E-state index in [-0.39, 0.29) is 11.5 Å². The van der Waals surface area contributed by atoms with Crippen LogP contribution in [0, 0.1) is 0 Å². The Morgan fingerprint density at radius 3 is 2.95 bits per heavy atom. The van der Waals surface area contributed by atoms with Crippen LogP contribution in [0.5, 0.6) is 0 Å². The number of fused-ring (bicyclic) bond motifs is 1. The summed E-state index contributed by atoms with van der Waals surface area (Å²) >= 11 is 0. The van der Waals surface area contributed by atoms with E-state index < -0.39 is 0 Å². The molecule has 1 fully saturated rings. The first-order chi connectivity index (χ1) is 10.2. The van der Waals surface area contributed by atoms with Gasteiger partial charge in [-0.1, -0.05) is 31.9 Å². The normalized spacial score (nSPS) is 26.3. The van der Waals surface area contributed by atoms with Crippen molar-refractivity contribution in [1.29, 1.82) is 0 Å². The fourth-order valence-corrected chi connectivity index (χ4v) is 3.56. The van der Waals surface area contributed by atoms with E-state index in [0.29, 0.717) is 6.61 Å². The molecule has 1 aromatic carbocycles. The Morgan fingerprint density at radius 2 is 2.19 bits per heavy atom. The zero-order chi connectivity index (χ0) is 14.9. The van der Waals surface area contributed by atoms with Gasteiger partial charge in [-0.2, -0.15) is 0 Å². The number of imidazole rings is 1. The summed E-state index contributed by atoms with van der Waals surface area (Å²) in [6, 6.07) is 8.52. The Morgan fingerprint density at radius 1 is 1.38 bits per heavy atom. The molecule has 1 aromatic heterocycles. The zero-order valence-electron chi connectivity index (χ0n) is 13.0. The average Bonchev–Trinajstić information content (AvgIpc) is 2.87. The standard InChI is InChI=1S/C17H25N3O/c1-17(10-6-5-9-15(17)18)16-19-13-7-3-4-8-14(13)20(16)11-12-21-2/h3-4,7-8,15H,5-6,9-12,18H2,1-2H3.